The molecule has 28 heavy (non-hydrogen) atoms. The molecule has 1 aliphatic heterocycles. The van der Waals surface area contributed by atoms with Crippen LogP contribution in [0.25, 0.3) is 0 Å². The Balaban J connectivity index is 1.92. The van der Waals surface area contributed by atoms with Gasteiger partial charge in [0.1, 0.15) is 6.04 Å². The molecule has 2 amide bonds. The highest BCUT2D eigenvalue weighted by atomic mass is 35.5. The average Bonchev–Trinajstić information content (AvgIpc) is 3.02. The third-order valence-electron chi connectivity index (χ3n) is 4.94. The van der Waals surface area contributed by atoms with E-state index in [1.807, 2.05) is 6.92 Å². The molecule has 0 radical (unpaired) electrons. The quantitative estimate of drug-likeness (QED) is 0.819. The highest BCUT2D eigenvalue weighted by Crippen LogP contribution is 2.29. The lowest BCUT2D eigenvalue weighted by molar-refractivity contribution is -0.128. The molecule has 148 valence electrons. The monoisotopic (exact) mass is 420 g/mol. The van der Waals surface area contributed by atoms with E-state index in [4.69, 9.17) is 11.6 Å². The number of carbonyl (C=O) groups is 2. The van der Waals surface area contributed by atoms with E-state index in [-0.39, 0.29) is 17.7 Å². The van der Waals surface area contributed by atoms with Crippen molar-refractivity contribution in [3.05, 3.63) is 58.1 Å². The van der Waals surface area contributed by atoms with Crippen molar-refractivity contribution in [3.8, 4) is 0 Å². The Morgan fingerprint density at radius 3 is 2.43 bits per heavy atom. The summed E-state index contributed by atoms with van der Waals surface area (Å²) in [6.07, 6.45) is 0.142. The van der Waals surface area contributed by atoms with Gasteiger partial charge in [-0.3, -0.25) is 9.59 Å². The summed E-state index contributed by atoms with van der Waals surface area (Å²) in [6, 6.07) is 8.56. The molecule has 2 aromatic rings. The van der Waals surface area contributed by atoms with E-state index in [9.17, 15) is 18.0 Å². The van der Waals surface area contributed by atoms with Crippen molar-refractivity contribution in [1.29, 1.82) is 0 Å². The third kappa shape index (κ3) is 3.77. The van der Waals surface area contributed by atoms with Gasteiger partial charge in [-0.25, -0.2) is 12.7 Å². The first kappa shape index (κ1) is 20.4. The van der Waals surface area contributed by atoms with Crippen LogP contribution < -0.4 is 5.32 Å². The maximum Gasteiger partial charge on any atom is 0.267 e. The number of carbonyl (C=O) groups excluding carboxylic acids is 2. The van der Waals surface area contributed by atoms with Gasteiger partial charge < -0.3 is 5.32 Å². The number of halogens is 1. The fourth-order valence-corrected chi connectivity index (χ4v) is 5.09. The SMILES string of the molecule is Cc1ccc(S(=O)(=O)N2C(=O)CC[C@H]2C(=O)Nc2ccc(Cl)cc2C)cc1C. The predicted molar refractivity (Wildman–Crippen MR) is 108 cm³/mol. The standard InChI is InChI=1S/C20H21ClN2O4S/c1-12-4-6-16(11-13(12)2)28(26,27)23-18(8-9-19(23)24)20(25)22-17-7-5-15(21)10-14(17)3/h4-7,10-11,18H,8-9H2,1-3H3,(H,22,25)/t18-/m0/s1. The maximum absolute atomic E-state index is 13.1. The van der Waals surface area contributed by atoms with Crippen LogP contribution in [0.1, 0.15) is 29.5 Å². The van der Waals surface area contributed by atoms with Crippen molar-refractivity contribution in [2.45, 2.75) is 44.6 Å². The lowest BCUT2D eigenvalue weighted by atomic mass is 10.1. The molecule has 0 spiro atoms. The second-order valence-corrected chi connectivity index (χ2v) is 9.19. The summed E-state index contributed by atoms with van der Waals surface area (Å²) in [5, 5.41) is 3.25. The van der Waals surface area contributed by atoms with Gasteiger partial charge in [0.15, 0.2) is 0 Å². The Kier molecular flexibility index (Phi) is 5.50. The molecule has 1 atom stereocenters. The number of anilines is 1. The van der Waals surface area contributed by atoms with Crippen molar-refractivity contribution in [2.75, 3.05) is 5.32 Å². The predicted octanol–water partition coefficient (Wildman–Crippen LogP) is 3.58. The first-order valence-electron chi connectivity index (χ1n) is 8.83. The van der Waals surface area contributed by atoms with Crippen LogP contribution in [0.5, 0.6) is 0 Å². The summed E-state index contributed by atoms with van der Waals surface area (Å²) in [7, 11) is -4.13. The maximum atomic E-state index is 13.1. The van der Waals surface area contributed by atoms with E-state index in [0.29, 0.717) is 10.7 Å². The van der Waals surface area contributed by atoms with E-state index < -0.39 is 27.9 Å². The van der Waals surface area contributed by atoms with Crippen LogP contribution in [0.2, 0.25) is 5.02 Å². The van der Waals surface area contributed by atoms with E-state index in [1.165, 1.54) is 12.1 Å². The number of nitrogens with zero attached hydrogens (tertiary/aromatic N) is 1. The molecule has 0 aromatic heterocycles. The number of aryl methyl sites for hydroxylation is 3. The molecule has 0 saturated carbocycles. The van der Waals surface area contributed by atoms with E-state index in [1.54, 1.807) is 38.1 Å². The molecular formula is C20H21ClN2O4S. The van der Waals surface area contributed by atoms with Crippen LogP contribution in [0.15, 0.2) is 41.3 Å². The first-order chi connectivity index (χ1) is 13.1. The molecule has 1 fully saturated rings. The Labute approximate surface area is 169 Å². The summed E-state index contributed by atoms with van der Waals surface area (Å²) in [4.78, 5) is 25.2. The molecule has 0 bridgehead atoms. The fraction of sp³-hybridized carbons (Fsp3) is 0.300. The normalized spacial score (nSPS) is 17.1. The molecule has 1 saturated heterocycles. The van der Waals surface area contributed by atoms with Crippen molar-refractivity contribution >= 4 is 39.1 Å². The minimum Gasteiger partial charge on any atom is -0.324 e. The van der Waals surface area contributed by atoms with Gasteiger partial charge in [0.25, 0.3) is 10.0 Å². The van der Waals surface area contributed by atoms with Gasteiger partial charge in [0.2, 0.25) is 11.8 Å². The number of amides is 2. The zero-order chi connectivity index (χ0) is 20.6. The van der Waals surface area contributed by atoms with Crippen LogP contribution >= 0.6 is 11.6 Å². The van der Waals surface area contributed by atoms with Crippen molar-refractivity contribution in [1.82, 2.24) is 4.31 Å². The fourth-order valence-electron chi connectivity index (χ4n) is 3.17. The second kappa shape index (κ2) is 7.56. The number of nitrogens with one attached hydrogen (secondary N) is 1. The molecule has 2 aromatic carbocycles. The lowest BCUT2D eigenvalue weighted by Gasteiger charge is -2.24. The second-order valence-electron chi connectivity index (χ2n) is 6.94. The van der Waals surface area contributed by atoms with E-state index >= 15 is 0 Å². The Morgan fingerprint density at radius 1 is 1.07 bits per heavy atom. The molecule has 0 unspecified atom stereocenters. The molecular weight excluding hydrogens is 400 g/mol. The molecule has 6 nitrogen and oxygen atoms in total. The first-order valence-corrected chi connectivity index (χ1v) is 10.6. The third-order valence-corrected chi connectivity index (χ3v) is 7.01. The summed E-state index contributed by atoms with van der Waals surface area (Å²) in [6.45, 7) is 5.45. The number of hydrogen-bond donors (Lipinski definition) is 1. The van der Waals surface area contributed by atoms with Crippen LogP contribution in [0.3, 0.4) is 0 Å². The molecule has 8 heteroatoms. The molecule has 1 N–H and O–H groups in total. The Hall–Kier alpha value is -2.38. The van der Waals surface area contributed by atoms with Crippen molar-refractivity contribution in [2.24, 2.45) is 0 Å². The summed E-state index contributed by atoms with van der Waals surface area (Å²) in [5.74, 6) is -1.12. The molecule has 3 rings (SSSR count). The number of benzene rings is 2. The minimum atomic E-state index is -4.13. The van der Waals surface area contributed by atoms with Crippen molar-refractivity contribution < 1.29 is 18.0 Å². The zero-order valence-corrected chi connectivity index (χ0v) is 17.4. The minimum absolute atomic E-state index is 0.00175. The highest BCUT2D eigenvalue weighted by Gasteiger charge is 2.44. The number of sulfonamides is 1. The summed E-state index contributed by atoms with van der Waals surface area (Å²) in [5.41, 5.74) is 3.01. The van der Waals surface area contributed by atoms with Gasteiger partial charge in [0.05, 0.1) is 4.90 Å². The Morgan fingerprint density at radius 2 is 1.79 bits per heavy atom. The van der Waals surface area contributed by atoms with E-state index in [0.717, 1.165) is 21.0 Å². The van der Waals surface area contributed by atoms with Crippen LogP contribution in [0.4, 0.5) is 5.69 Å². The van der Waals surface area contributed by atoms with Gasteiger partial charge in [-0.2, -0.15) is 0 Å². The van der Waals surface area contributed by atoms with Crippen molar-refractivity contribution in [3.63, 3.8) is 0 Å². The number of hydrogen-bond acceptors (Lipinski definition) is 4. The zero-order valence-electron chi connectivity index (χ0n) is 15.8. The van der Waals surface area contributed by atoms with Crippen LogP contribution in [-0.4, -0.2) is 30.6 Å². The molecule has 1 heterocycles. The van der Waals surface area contributed by atoms with Crippen LogP contribution in [0, 0.1) is 20.8 Å². The van der Waals surface area contributed by atoms with Gasteiger partial charge in [-0.15, -0.1) is 0 Å². The van der Waals surface area contributed by atoms with Gasteiger partial charge in [0, 0.05) is 17.1 Å². The smallest absolute Gasteiger partial charge is 0.267 e. The average molecular weight is 421 g/mol. The summed E-state index contributed by atoms with van der Waals surface area (Å²) >= 11 is 5.93. The van der Waals surface area contributed by atoms with Gasteiger partial charge in [-0.1, -0.05) is 17.7 Å². The summed E-state index contributed by atoms with van der Waals surface area (Å²) < 4.78 is 26.9. The van der Waals surface area contributed by atoms with Crippen LogP contribution in [-0.2, 0) is 19.6 Å². The number of rotatable bonds is 4. The topological polar surface area (TPSA) is 83.6 Å². The lowest BCUT2D eigenvalue weighted by Crippen LogP contribution is -2.45. The largest absolute Gasteiger partial charge is 0.324 e. The molecule has 0 aliphatic carbocycles. The Bertz CT molecular complexity index is 1070. The van der Waals surface area contributed by atoms with Gasteiger partial charge >= 0.3 is 0 Å². The van der Waals surface area contributed by atoms with Gasteiger partial charge in [-0.05, 0) is 74.2 Å². The van der Waals surface area contributed by atoms with E-state index in [2.05, 4.69) is 5.32 Å². The molecule has 1 aliphatic rings. The highest BCUT2D eigenvalue weighted by molar-refractivity contribution is 7.89.